The summed E-state index contributed by atoms with van der Waals surface area (Å²) in [5.41, 5.74) is 6.41. The van der Waals surface area contributed by atoms with Crippen LogP contribution in [-0.4, -0.2) is 71.4 Å². The van der Waals surface area contributed by atoms with Gasteiger partial charge in [-0.15, -0.1) is 0 Å². The molecule has 0 aliphatic carbocycles. The number of nitrogens with zero attached hydrogens (tertiary/aromatic N) is 4. The summed E-state index contributed by atoms with van der Waals surface area (Å²) in [5.74, 6) is -1.23. The van der Waals surface area contributed by atoms with Crippen LogP contribution < -0.4 is 15.3 Å². The molecule has 0 spiro atoms. The van der Waals surface area contributed by atoms with Gasteiger partial charge in [-0.1, -0.05) is 66.7 Å². The first-order chi connectivity index (χ1) is 25.5. The summed E-state index contributed by atoms with van der Waals surface area (Å²) in [5, 5.41) is 13.4. The highest BCUT2D eigenvalue weighted by molar-refractivity contribution is 7.68. The van der Waals surface area contributed by atoms with Crippen molar-refractivity contribution in [2.75, 3.05) is 12.3 Å². The number of hydrogen-bond acceptors (Lipinski definition) is 15. The molecule has 5 aromatic rings. The van der Waals surface area contributed by atoms with Crippen molar-refractivity contribution < 1.29 is 64.9 Å². The number of phosphoric ester groups is 1. The van der Waals surface area contributed by atoms with Gasteiger partial charge in [0.05, 0.1) is 12.9 Å². The van der Waals surface area contributed by atoms with E-state index in [1.165, 1.54) is 19.1 Å². The van der Waals surface area contributed by atoms with Crippen molar-refractivity contribution in [2.24, 2.45) is 0 Å². The molecule has 0 radical (unpaired) electrons. The van der Waals surface area contributed by atoms with Crippen LogP contribution in [0, 0.1) is 0 Å². The number of phosphoric acid groups is 2. The summed E-state index contributed by atoms with van der Waals surface area (Å²) in [6, 6.07) is 18.2. The van der Waals surface area contributed by atoms with Crippen molar-refractivity contribution in [1.29, 1.82) is 0 Å². The quantitative estimate of drug-likeness (QED) is 0.0529. The van der Waals surface area contributed by atoms with Gasteiger partial charge in [-0.25, -0.2) is 23.1 Å². The third-order valence-corrected chi connectivity index (χ3v) is 12.8. The van der Waals surface area contributed by atoms with Gasteiger partial charge in [0.15, 0.2) is 23.9 Å². The second-order valence-corrected chi connectivity index (χ2v) is 16.8. The van der Waals surface area contributed by atoms with E-state index in [0.29, 0.717) is 16.3 Å². The first kappa shape index (κ1) is 39.8. The fourth-order valence-corrected chi connectivity index (χ4v) is 9.83. The van der Waals surface area contributed by atoms with E-state index in [0.717, 1.165) is 10.9 Å². The van der Waals surface area contributed by atoms with E-state index in [-0.39, 0.29) is 34.6 Å². The van der Waals surface area contributed by atoms with Crippen LogP contribution in [0.25, 0.3) is 21.9 Å². The van der Waals surface area contributed by atoms with E-state index in [1.807, 2.05) is 0 Å². The predicted molar refractivity (Wildman–Crippen MR) is 188 cm³/mol. The van der Waals surface area contributed by atoms with Crippen molar-refractivity contribution in [2.45, 2.75) is 44.2 Å². The number of rotatable bonds is 15. The normalized spacial score (nSPS) is 22.6. The monoisotopic (exact) mass is 830 g/mol. The molecule has 3 unspecified atom stereocenters. The fraction of sp³-hybridized carbons (Fsp3) is 0.267. The second kappa shape index (κ2) is 16.1. The highest BCUT2D eigenvalue weighted by atomic mass is 35.5. The minimum atomic E-state index is -5.93. The van der Waals surface area contributed by atoms with Gasteiger partial charge in [0.25, 0.3) is 0 Å². The molecule has 1 aliphatic rings. The van der Waals surface area contributed by atoms with Crippen LogP contribution in [0.3, 0.4) is 0 Å². The number of anilines is 1. The Balaban J connectivity index is 1.15. The van der Waals surface area contributed by atoms with Crippen molar-refractivity contribution in [3.05, 3.63) is 90.0 Å². The lowest BCUT2D eigenvalue weighted by molar-refractivity contribution is -0.146. The van der Waals surface area contributed by atoms with Crippen molar-refractivity contribution in [3.63, 3.8) is 0 Å². The Morgan fingerprint density at radius 2 is 1.74 bits per heavy atom. The number of alkyl halides is 1. The number of hydrogen-bond donors (Lipinski definition) is 5. The van der Waals surface area contributed by atoms with Crippen LogP contribution in [0.2, 0.25) is 5.28 Å². The molecule has 24 heteroatoms. The zero-order valence-electron chi connectivity index (χ0n) is 27.7. The molecule has 0 saturated carbocycles. The summed E-state index contributed by atoms with van der Waals surface area (Å²) in [7, 11) is -16.8. The zero-order valence-corrected chi connectivity index (χ0v) is 31.1. The number of nitrogen functional groups attached to an aromatic ring is 1. The molecule has 2 aromatic heterocycles. The first-order valence-corrected chi connectivity index (χ1v) is 20.6. The van der Waals surface area contributed by atoms with Gasteiger partial charge in [0, 0.05) is 5.39 Å². The Hall–Kier alpha value is -3.87. The van der Waals surface area contributed by atoms with Crippen molar-refractivity contribution in [3.8, 4) is 5.75 Å². The number of esters is 1. The number of fused-ring (bicyclic) bond motifs is 2. The van der Waals surface area contributed by atoms with E-state index < -0.39 is 66.6 Å². The molecule has 288 valence electrons. The number of aliphatic hydroxyl groups excluding tert-OH is 1. The van der Waals surface area contributed by atoms with E-state index in [2.05, 4.69) is 24.3 Å². The van der Waals surface area contributed by atoms with Crippen LogP contribution in [-0.2, 0) is 47.7 Å². The maximum absolute atomic E-state index is 15.2. The number of carbonyl (C=O) groups excluding carboxylic acids is 1. The third kappa shape index (κ3) is 9.32. The lowest BCUT2D eigenvalue weighted by Gasteiger charge is -2.25. The highest BCUT2D eigenvalue weighted by Crippen LogP contribution is 2.68. The van der Waals surface area contributed by atoms with Gasteiger partial charge in [0.1, 0.15) is 36.1 Å². The number of carbonyl (C=O) groups is 1. The smallest absolute Gasteiger partial charge is 0.460 e. The molecule has 8 atom stereocenters. The molecule has 3 heterocycles. The third-order valence-electron chi connectivity index (χ3n) is 7.71. The van der Waals surface area contributed by atoms with Gasteiger partial charge in [-0.3, -0.25) is 13.9 Å². The van der Waals surface area contributed by atoms with Gasteiger partial charge in [-0.05, 0) is 35.5 Å². The Bertz CT molecular complexity index is 2300. The van der Waals surface area contributed by atoms with E-state index in [4.69, 9.17) is 40.2 Å². The molecule has 6 N–H and O–H groups in total. The molecule has 19 nitrogen and oxygen atoms in total. The number of benzene rings is 3. The lowest BCUT2D eigenvalue weighted by Crippen LogP contribution is -2.34. The average molecular weight is 831 g/mol. The topological polar surface area (TPSA) is 266 Å². The molecular weight excluding hydrogens is 800 g/mol. The van der Waals surface area contributed by atoms with E-state index in [1.54, 1.807) is 60.7 Å². The van der Waals surface area contributed by atoms with Crippen LogP contribution in [0.15, 0.2) is 79.1 Å². The summed E-state index contributed by atoms with van der Waals surface area (Å²) in [4.78, 5) is 45.5. The van der Waals surface area contributed by atoms with Crippen LogP contribution in [0.1, 0.15) is 18.7 Å². The van der Waals surface area contributed by atoms with Crippen molar-refractivity contribution >= 4 is 68.7 Å². The van der Waals surface area contributed by atoms with E-state index >= 15 is 4.39 Å². The molecule has 6 rings (SSSR count). The Morgan fingerprint density at radius 1 is 1.04 bits per heavy atom. The maximum atomic E-state index is 15.2. The predicted octanol–water partition coefficient (Wildman–Crippen LogP) is 4.97. The molecule has 1 aliphatic heterocycles. The maximum Gasteiger partial charge on any atom is 0.490 e. The standard InChI is InChI=1S/C30H31ClFN6O13P3/c1-17(29(40)46-14-18-8-3-2-4-9-18)37-52(41,49-21-13-7-11-19-10-5-6-12-20(19)21)50-54(44,45)51-53(42,43)47-15-22-25(39)23(32)28(48-22)38-16-34-24-26(33)35-30(31)36-27(24)38/h2-13,16-17,22-23,25,28,39H,14-15H2,1H3,(H,37,41)(H,42,43)(H,44,45)(H2,33,35,36)/t17-,22+,23-,25+,28+,52?/m0/s1. The summed E-state index contributed by atoms with van der Waals surface area (Å²) in [6.07, 6.45) is -6.33. The van der Waals surface area contributed by atoms with Gasteiger partial charge < -0.3 is 34.6 Å². The molecule has 3 aromatic carbocycles. The number of aromatic nitrogens is 4. The van der Waals surface area contributed by atoms with Crippen LogP contribution >= 0.6 is 35.0 Å². The second-order valence-electron chi connectivity index (χ2n) is 11.6. The Labute approximate surface area is 309 Å². The number of nitrogens with two attached hydrogens (primary N) is 1. The fourth-order valence-electron chi connectivity index (χ4n) is 5.25. The molecule has 0 bridgehead atoms. The Kier molecular flexibility index (Phi) is 11.9. The first-order valence-electron chi connectivity index (χ1n) is 15.6. The highest BCUT2D eigenvalue weighted by Gasteiger charge is 2.49. The molecule has 54 heavy (non-hydrogen) atoms. The minimum Gasteiger partial charge on any atom is -0.460 e. The average Bonchev–Trinajstić information content (AvgIpc) is 3.65. The molecule has 1 saturated heterocycles. The number of ether oxygens (including phenoxy) is 2. The van der Waals surface area contributed by atoms with Gasteiger partial charge in [0.2, 0.25) is 5.28 Å². The SMILES string of the molecule is C[C@H](NP(=O)(Oc1cccc2ccccc12)OP(=O)(O)OP(=O)(O)OC[C@H]1O[C@@H](n2cnc3c(N)nc(Cl)nc32)[C@@H](F)[C@@H]1O)C(=O)OCc1ccccc1. The molecule has 0 amide bonds. The number of aliphatic hydroxyl groups is 1. The van der Waals surface area contributed by atoms with Crippen LogP contribution in [0.4, 0.5) is 10.2 Å². The largest absolute Gasteiger partial charge is 0.490 e. The minimum absolute atomic E-state index is 0.0472. The number of imidazole rings is 1. The Morgan fingerprint density at radius 3 is 2.50 bits per heavy atom. The zero-order chi connectivity index (χ0) is 38.8. The number of nitrogens with one attached hydrogen (secondary N) is 1. The molecular formula is C30H31ClFN6O13P3. The van der Waals surface area contributed by atoms with Gasteiger partial charge >= 0.3 is 29.4 Å². The summed E-state index contributed by atoms with van der Waals surface area (Å²) in [6.45, 7) is -0.0588. The number of halogens is 2. The van der Waals surface area contributed by atoms with Crippen LogP contribution in [0.5, 0.6) is 5.75 Å². The summed E-state index contributed by atoms with van der Waals surface area (Å²) >= 11 is 5.86. The molecule has 1 fully saturated rings. The van der Waals surface area contributed by atoms with Gasteiger partial charge in [-0.2, -0.15) is 23.7 Å². The summed E-state index contributed by atoms with van der Waals surface area (Å²) < 4.78 is 86.8. The van der Waals surface area contributed by atoms with Crippen molar-refractivity contribution in [1.82, 2.24) is 24.6 Å². The van der Waals surface area contributed by atoms with E-state index in [9.17, 15) is 33.4 Å². The lowest BCUT2D eigenvalue weighted by atomic mass is 10.1.